The maximum absolute atomic E-state index is 13.9. The molecule has 0 aliphatic heterocycles. The van der Waals surface area contributed by atoms with E-state index >= 15 is 0 Å². The number of fused-ring (bicyclic) bond motifs is 2. The van der Waals surface area contributed by atoms with Crippen LogP contribution in [0.1, 0.15) is 46.7 Å². The Labute approximate surface area is 359 Å². The molecule has 0 aliphatic carbocycles. The van der Waals surface area contributed by atoms with Crippen molar-refractivity contribution in [3.63, 3.8) is 0 Å². The average Bonchev–Trinajstić information content (AvgIpc) is 3.29. The third-order valence-corrected chi connectivity index (χ3v) is 10.5. The molecule has 2 atom stereocenters. The van der Waals surface area contributed by atoms with E-state index in [1.54, 1.807) is 65.1 Å². The van der Waals surface area contributed by atoms with E-state index in [1.165, 1.54) is 6.92 Å². The van der Waals surface area contributed by atoms with E-state index < -0.39 is 17.5 Å². The van der Waals surface area contributed by atoms with Crippen LogP contribution in [0.5, 0.6) is 46.0 Å². The number of nitrogens with zero attached hydrogens (tertiary/aromatic N) is 4. The second-order valence-corrected chi connectivity index (χ2v) is 14.4. The molecular formula is C50H44N4O8. The molecule has 0 amide bonds. The second-order valence-electron chi connectivity index (χ2n) is 14.4. The first-order valence-electron chi connectivity index (χ1n) is 19.8. The zero-order valence-electron chi connectivity index (χ0n) is 35.3. The fourth-order valence-corrected chi connectivity index (χ4v) is 7.81. The predicted molar refractivity (Wildman–Crippen MR) is 235 cm³/mol. The number of ether oxygens (including phenoxy) is 7. The van der Waals surface area contributed by atoms with Crippen molar-refractivity contribution in [2.24, 2.45) is 0 Å². The summed E-state index contributed by atoms with van der Waals surface area (Å²) in [5, 5.41) is 1.33. The lowest BCUT2D eigenvalue weighted by Crippen LogP contribution is -2.42. The Bertz CT molecular complexity index is 2910. The van der Waals surface area contributed by atoms with Gasteiger partial charge in [0.15, 0.2) is 34.3 Å². The van der Waals surface area contributed by atoms with Crippen molar-refractivity contribution in [3.05, 3.63) is 168 Å². The maximum Gasteiger partial charge on any atom is 0.303 e. The SMILES string of the molecule is COc1cc2nccc(Oc3ccc(C)nc3C(c3ccccc3)C(OC(C)=O)(c3ccccc3)c3nc(C)ccc3Oc3ccnc4cc(OC)c(OC)cc34)c2cc1OC. The average molecular weight is 829 g/mol. The monoisotopic (exact) mass is 828 g/mol. The molecule has 0 N–H and O–H groups in total. The van der Waals surface area contributed by atoms with Gasteiger partial charge in [-0.25, -0.2) is 4.98 Å². The van der Waals surface area contributed by atoms with Crippen molar-refractivity contribution >= 4 is 27.8 Å². The van der Waals surface area contributed by atoms with Gasteiger partial charge in [0.2, 0.25) is 0 Å². The van der Waals surface area contributed by atoms with E-state index in [9.17, 15) is 4.79 Å². The minimum Gasteiger partial charge on any atom is -0.493 e. The van der Waals surface area contributed by atoms with Crippen LogP contribution < -0.4 is 28.4 Å². The molecule has 0 spiro atoms. The van der Waals surface area contributed by atoms with Crippen LogP contribution in [0.25, 0.3) is 21.8 Å². The number of carbonyl (C=O) groups excluding carboxylic acids is 1. The van der Waals surface area contributed by atoms with E-state index in [4.69, 9.17) is 43.1 Å². The summed E-state index contributed by atoms with van der Waals surface area (Å²) in [6.45, 7) is 5.17. The number of pyridine rings is 4. The Morgan fingerprint density at radius 2 is 1.02 bits per heavy atom. The van der Waals surface area contributed by atoms with Crippen LogP contribution in [0.2, 0.25) is 0 Å². The van der Waals surface area contributed by atoms with Gasteiger partial charge in [-0.1, -0.05) is 60.7 Å². The lowest BCUT2D eigenvalue weighted by molar-refractivity contribution is -0.156. The lowest BCUT2D eigenvalue weighted by Gasteiger charge is -2.41. The van der Waals surface area contributed by atoms with Crippen LogP contribution >= 0.6 is 0 Å². The summed E-state index contributed by atoms with van der Waals surface area (Å²) >= 11 is 0. The Morgan fingerprint density at radius 1 is 0.532 bits per heavy atom. The van der Waals surface area contributed by atoms with E-state index in [0.717, 1.165) is 5.56 Å². The molecule has 0 bridgehead atoms. The summed E-state index contributed by atoms with van der Waals surface area (Å²) in [7, 11) is 6.30. The molecule has 312 valence electrons. The summed E-state index contributed by atoms with van der Waals surface area (Å²) in [6, 6.07) is 37.5. The number of carbonyl (C=O) groups is 1. The van der Waals surface area contributed by atoms with Crippen LogP contribution in [-0.2, 0) is 15.1 Å². The topological polar surface area (TPSA) is 133 Å². The summed E-state index contributed by atoms with van der Waals surface area (Å²) < 4.78 is 43.3. The number of hydrogen-bond donors (Lipinski definition) is 0. The molecule has 62 heavy (non-hydrogen) atoms. The van der Waals surface area contributed by atoms with Crippen molar-refractivity contribution in [2.45, 2.75) is 32.3 Å². The Balaban J connectivity index is 1.42. The Hall–Kier alpha value is -7.73. The van der Waals surface area contributed by atoms with Gasteiger partial charge in [0.1, 0.15) is 22.9 Å². The molecule has 0 saturated carbocycles. The molecule has 8 rings (SSSR count). The third-order valence-electron chi connectivity index (χ3n) is 10.5. The molecule has 4 aromatic carbocycles. The van der Waals surface area contributed by atoms with E-state index in [2.05, 4.69) is 9.97 Å². The predicted octanol–water partition coefficient (Wildman–Crippen LogP) is 10.4. The van der Waals surface area contributed by atoms with Gasteiger partial charge in [-0.2, -0.15) is 0 Å². The number of hydrogen-bond acceptors (Lipinski definition) is 12. The standard InChI is InChI=1S/C50H44N4O8/c1-30-18-20-41(60-39-22-24-51-37-28-45(58-6)43(56-4)26-35(37)39)48(53-30)47(33-14-10-8-11-15-33)50(62-32(3)55,34-16-12-9-13-17-34)49-42(21-19-31(2)54-49)61-40-23-25-52-38-29-46(59-7)44(57-5)27-36(38)40/h8-29,47H,1-7H3. The maximum atomic E-state index is 13.9. The lowest BCUT2D eigenvalue weighted by atomic mass is 9.72. The summed E-state index contributed by atoms with van der Waals surface area (Å²) in [4.78, 5) is 33.6. The first kappa shape index (κ1) is 41.0. The zero-order valence-corrected chi connectivity index (χ0v) is 35.3. The first-order valence-corrected chi connectivity index (χ1v) is 19.8. The number of rotatable bonds is 14. The van der Waals surface area contributed by atoms with Crippen LogP contribution in [0.4, 0.5) is 0 Å². The quantitative estimate of drug-likeness (QED) is 0.0966. The molecular weight excluding hydrogens is 785 g/mol. The number of benzene rings is 4. The van der Waals surface area contributed by atoms with Crippen LogP contribution in [0.3, 0.4) is 0 Å². The number of aryl methyl sites for hydroxylation is 2. The minimum absolute atomic E-state index is 0.318. The fraction of sp³-hybridized carbons (Fsp3) is 0.180. The summed E-state index contributed by atoms with van der Waals surface area (Å²) in [5.41, 5.74) is 3.00. The van der Waals surface area contributed by atoms with Gasteiger partial charge in [-0.05, 0) is 67.9 Å². The van der Waals surface area contributed by atoms with Gasteiger partial charge >= 0.3 is 5.97 Å². The molecule has 0 fully saturated rings. The molecule has 12 heteroatoms. The van der Waals surface area contributed by atoms with Crippen molar-refractivity contribution < 1.29 is 38.0 Å². The minimum atomic E-state index is -1.74. The highest BCUT2D eigenvalue weighted by atomic mass is 16.6. The zero-order chi connectivity index (χ0) is 43.4. The van der Waals surface area contributed by atoms with E-state index in [1.807, 2.05) is 111 Å². The van der Waals surface area contributed by atoms with E-state index in [-0.39, 0.29) is 0 Å². The molecule has 8 aromatic rings. The van der Waals surface area contributed by atoms with Crippen LogP contribution in [0.15, 0.2) is 134 Å². The van der Waals surface area contributed by atoms with Gasteiger partial charge in [-0.15, -0.1) is 0 Å². The molecule has 0 saturated heterocycles. The number of aromatic nitrogens is 4. The molecule has 4 heterocycles. The smallest absolute Gasteiger partial charge is 0.303 e. The van der Waals surface area contributed by atoms with Crippen LogP contribution in [-0.4, -0.2) is 54.3 Å². The highest BCUT2D eigenvalue weighted by Gasteiger charge is 2.52. The van der Waals surface area contributed by atoms with Gasteiger partial charge in [0, 0.05) is 59.2 Å². The number of esters is 1. The van der Waals surface area contributed by atoms with Gasteiger partial charge in [0.05, 0.1) is 51.1 Å². The summed E-state index contributed by atoms with van der Waals surface area (Å²) in [5.74, 6) is 2.26. The highest BCUT2D eigenvalue weighted by Crippen LogP contribution is 2.54. The number of methoxy groups -OCH3 is 4. The van der Waals surface area contributed by atoms with Gasteiger partial charge in [-0.3, -0.25) is 19.7 Å². The normalized spacial score (nSPS) is 12.6. The molecule has 4 aromatic heterocycles. The van der Waals surface area contributed by atoms with Crippen LogP contribution in [0, 0.1) is 13.8 Å². The molecule has 0 aliphatic rings. The first-order chi connectivity index (χ1) is 30.2. The Morgan fingerprint density at radius 3 is 1.55 bits per heavy atom. The van der Waals surface area contributed by atoms with Crippen molar-refractivity contribution in [1.29, 1.82) is 0 Å². The second kappa shape index (κ2) is 17.5. The van der Waals surface area contributed by atoms with Crippen molar-refractivity contribution in [3.8, 4) is 46.0 Å². The largest absolute Gasteiger partial charge is 0.493 e. The Kier molecular flexibility index (Phi) is 11.6. The fourth-order valence-electron chi connectivity index (χ4n) is 7.81. The molecule has 12 nitrogen and oxygen atoms in total. The molecule has 2 unspecified atom stereocenters. The third kappa shape index (κ3) is 7.74. The van der Waals surface area contributed by atoms with Crippen molar-refractivity contribution in [2.75, 3.05) is 28.4 Å². The van der Waals surface area contributed by atoms with Gasteiger partial charge < -0.3 is 33.2 Å². The van der Waals surface area contributed by atoms with Crippen molar-refractivity contribution in [1.82, 2.24) is 19.9 Å². The van der Waals surface area contributed by atoms with Gasteiger partial charge in [0.25, 0.3) is 0 Å². The summed E-state index contributed by atoms with van der Waals surface area (Å²) in [6.07, 6.45) is 3.32. The molecule has 0 radical (unpaired) electrons. The highest BCUT2D eigenvalue weighted by molar-refractivity contribution is 5.89. The van der Waals surface area contributed by atoms with E-state index in [0.29, 0.717) is 96.1 Å².